The second-order valence-corrected chi connectivity index (χ2v) is 6.32. The Labute approximate surface area is 91.7 Å². The summed E-state index contributed by atoms with van der Waals surface area (Å²) in [5, 5.41) is 9.71. The van der Waals surface area contributed by atoms with Crippen molar-refractivity contribution >= 4 is 10.0 Å². The van der Waals surface area contributed by atoms with Crippen LogP contribution in [0.3, 0.4) is 0 Å². The molecule has 0 saturated carbocycles. The van der Waals surface area contributed by atoms with Crippen LogP contribution in [0.4, 0.5) is 0 Å². The first kappa shape index (κ1) is 12.9. The van der Waals surface area contributed by atoms with E-state index in [4.69, 9.17) is 0 Å². The summed E-state index contributed by atoms with van der Waals surface area (Å²) >= 11 is 0. The van der Waals surface area contributed by atoms with Crippen molar-refractivity contribution in [3.63, 3.8) is 0 Å². The first-order valence-electron chi connectivity index (χ1n) is 5.20. The number of likely N-dealkylation sites (N-methyl/N-ethyl adjacent to an activating group) is 1. The molecule has 1 rings (SSSR count). The number of sulfonamides is 1. The lowest BCUT2D eigenvalue weighted by molar-refractivity contribution is 0.113. The van der Waals surface area contributed by atoms with Gasteiger partial charge in [-0.1, -0.05) is 6.92 Å². The lowest BCUT2D eigenvalue weighted by Gasteiger charge is -2.21. The average Bonchev–Trinajstić information content (AvgIpc) is 2.47. The molecule has 0 amide bonds. The largest absolute Gasteiger partial charge is 0.390 e. The van der Waals surface area contributed by atoms with Crippen LogP contribution in [-0.2, 0) is 10.0 Å². The fraction of sp³-hybridized carbons (Fsp3) is 1.00. The summed E-state index contributed by atoms with van der Waals surface area (Å²) in [6, 6.07) is -0.0865. The lowest BCUT2D eigenvalue weighted by atomic mass is 10.2. The summed E-state index contributed by atoms with van der Waals surface area (Å²) in [6.45, 7) is 2.47. The quantitative estimate of drug-likeness (QED) is 0.703. The molecule has 1 aliphatic rings. The Hall–Kier alpha value is -0.170. The van der Waals surface area contributed by atoms with Gasteiger partial charge < -0.3 is 10.0 Å². The Bertz CT molecular complexity index is 302. The summed E-state index contributed by atoms with van der Waals surface area (Å²) < 4.78 is 24.9. The van der Waals surface area contributed by atoms with Gasteiger partial charge in [-0.25, -0.2) is 8.42 Å². The maximum atomic E-state index is 11.7. The molecule has 0 aromatic carbocycles. The van der Waals surface area contributed by atoms with Crippen molar-refractivity contribution in [2.45, 2.75) is 25.5 Å². The molecule has 0 unspecified atom stereocenters. The highest BCUT2D eigenvalue weighted by Gasteiger charge is 2.38. The molecule has 6 heteroatoms. The zero-order valence-corrected chi connectivity index (χ0v) is 10.4. The average molecular weight is 236 g/mol. The van der Waals surface area contributed by atoms with Crippen LogP contribution < -0.4 is 0 Å². The second kappa shape index (κ2) is 4.78. The standard InChI is InChI=1S/C9H20N2O3S/c1-4-5-15(13,14)11-6-8(10(2)3)9(12)7-11/h8-9,12H,4-7H2,1-3H3/t8-,9-/m1/s1. The van der Waals surface area contributed by atoms with Gasteiger partial charge in [-0.05, 0) is 20.5 Å². The number of hydrogen-bond acceptors (Lipinski definition) is 4. The van der Waals surface area contributed by atoms with Crippen LogP contribution in [-0.4, -0.2) is 67.8 Å². The van der Waals surface area contributed by atoms with Gasteiger partial charge in [0.15, 0.2) is 0 Å². The van der Waals surface area contributed by atoms with E-state index in [-0.39, 0.29) is 18.3 Å². The molecule has 0 bridgehead atoms. The third-order valence-corrected chi connectivity index (χ3v) is 4.75. The van der Waals surface area contributed by atoms with Crippen LogP contribution in [0.25, 0.3) is 0 Å². The fourth-order valence-corrected chi connectivity index (χ4v) is 3.39. The van der Waals surface area contributed by atoms with E-state index >= 15 is 0 Å². The zero-order valence-electron chi connectivity index (χ0n) is 9.55. The number of aliphatic hydroxyl groups excluding tert-OH is 1. The van der Waals surface area contributed by atoms with Gasteiger partial charge >= 0.3 is 0 Å². The molecular weight excluding hydrogens is 216 g/mol. The zero-order chi connectivity index (χ0) is 11.6. The van der Waals surface area contributed by atoms with E-state index in [2.05, 4.69) is 0 Å². The molecule has 2 atom stereocenters. The van der Waals surface area contributed by atoms with E-state index in [9.17, 15) is 13.5 Å². The van der Waals surface area contributed by atoms with Crippen molar-refractivity contribution in [3.05, 3.63) is 0 Å². The normalized spacial score (nSPS) is 28.9. The monoisotopic (exact) mass is 236 g/mol. The molecule has 0 spiro atoms. The molecule has 0 radical (unpaired) electrons. The van der Waals surface area contributed by atoms with Gasteiger partial charge in [-0.3, -0.25) is 0 Å². The van der Waals surface area contributed by atoms with Crippen LogP contribution in [0.5, 0.6) is 0 Å². The van der Waals surface area contributed by atoms with Gasteiger partial charge in [-0.15, -0.1) is 0 Å². The molecule has 90 valence electrons. The summed E-state index contributed by atoms with van der Waals surface area (Å²) in [7, 11) is 0.539. The Morgan fingerprint density at radius 3 is 2.40 bits per heavy atom. The number of β-amino-alcohol motifs (C(OH)–C–C–N with tert-alkyl or cyclic N) is 1. The van der Waals surface area contributed by atoms with Crippen molar-refractivity contribution < 1.29 is 13.5 Å². The Morgan fingerprint density at radius 1 is 1.40 bits per heavy atom. The van der Waals surface area contributed by atoms with Crippen molar-refractivity contribution in [1.82, 2.24) is 9.21 Å². The maximum Gasteiger partial charge on any atom is 0.214 e. The molecule has 0 aromatic rings. The number of rotatable bonds is 4. The van der Waals surface area contributed by atoms with Gasteiger partial charge in [0.25, 0.3) is 0 Å². The first-order chi connectivity index (χ1) is 6.88. The highest BCUT2D eigenvalue weighted by molar-refractivity contribution is 7.89. The van der Waals surface area contributed by atoms with Crippen LogP contribution in [0.1, 0.15) is 13.3 Å². The highest BCUT2D eigenvalue weighted by Crippen LogP contribution is 2.18. The van der Waals surface area contributed by atoms with Crippen LogP contribution in [0, 0.1) is 0 Å². The lowest BCUT2D eigenvalue weighted by Crippen LogP contribution is -2.38. The van der Waals surface area contributed by atoms with Gasteiger partial charge in [-0.2, -0.15) is 4.31 Å². The molecule has 15 heavy (non-hydrogen) atoms. The van der Waals surface area contributed by atoms with E-state index in [0.717, 1.165) is 0 Å². The highest BCUT2D eigenvalue weighted by atomic mass is 32.2. The van der Waals surface area contributed by atoms with Gasteiger partial charge in [0.05, 0.1) is 17.9 Å². The number of hydrogen-bond donors (Lipinski definition) is 1. The van der Waals surface area contributed by atoms with Crippen molar-refractivity contribution in [2.75, 3.05) is 32.9 Å². The minimum Gasteiger partial charge on any atom is -0.390 e. The molecule has 0 aliphatic carbocycles. The summed E-state index contributed by atoms with van der Waals surface area (Å²) in [6.07, 6.45) is 0.0355. The molecule has 1 saturated heterocycles. The number of nitrogens with zero attached hydrogens (tertiary/aromatic N) is 2. The Morgan fingerprint density at radius 2 is 2.00 bits per heavy atom. The van der Waals surface area contributed by atoms with E-state index in [0.29, 0.717) is 13.0 Å². The van der Waals surface area contributed by atoms with Gasteiger partial charge in [0.2, 0.25) is 10.0 Å². The van der Waals surface area contributed by atoms with E-state index in [1.807, 2.05) is 25.9 Å². The van der Waals surface area contributed by atoms with Crippen LogP contribution in [0.2, 0.25) is 0 Å². The second-order valence-electron chi connectivity index (χ2n) is 4.23. The molecule has 1 N–H and O–H groups in total. The van der Waals surface area contributed by atoms with Gasteiger partial charge in [0.1, 0.15) is 0 Å². The minimum atomic E-state index is -3.16. The smallest absolute Gasteiger partial charge is 0.214 e. The van der Waals surface area contributed by atoms with Crippen molar-refractivity contribution in [1.29, 1.82) is 0 Å². The van der Waals surface area contributed by atoms with Crippen molar-refractivity contribution in [3.8, 4) is 0 Å². The summed E-state index contributed by atoms with van der Waals surface area (Å²) in [5.74, 6) is 0.167. The third kappa shape index (κ3) is 2.90. The van der Waals surface area contributed by atoms with Crippen molar-refractivity contribution in [2.24, 2.45) is 0 Å². The third-order valence-electron chi connectivity index (χ3n) is 2.74. The summed E-state index contributed by atoms with van der Waals surface area (Å²) in [4.78, 5) is 1.87. The predicted molar refractivity (Wildman–Crippen MR) is 59.1 cm³/mol. The van der Waals surface area contributed by atoms with E-state index in [1.54, 1.807) is 0 Å². The van der Waals surface area contributed by atoms with E-state index in [1.165, 1.54) is 4.31 Å². The topological polar surface area (TPSA) is 60.9 Å². The first-order valence-corrected chi connectivity index (χ1v) is 6.81. The summed E-state index contributed by atoms with van der Waals surface area (Å²) in [5.41, 5.74) is 0. The molecule has 5 nitrogen and oxygen atoms in total. The Balaban J connectivity index is 2.70. The van der Waals surface area contributed by atoms with Gasteiger partial charge in [0, 0.05) is 13.1 Å². The molecule has 1 fully saturated rings. The number of aliphatic hydroxyl groups is 1. The molecule has 0 aromatic heterocycles. The van der Waals surface area contributed by atoms with Crippen LogP contribution >= 0.6 is 0 Å². The van der Waals surface area contributed by atoms with E-state index < -0.39 is 16.1 Å². The Kier molecular flexibility index (Phi) is 4.11. The molecular formula is C9H20N2O3S. The SMILES string of the molecule is CCCS(=O)(=O)N1C[C@@H](O)[C@H](N(C)C)C1. The fourth-order valence-electron chi connectivity index (χ4n) is 1.86. The molecule has 1 heterocycles. The van der Waals surface area contributed by atoms with Crippen LogP contribution in [0.15, 0.2) is 0 Å². The maximum absolute atomic E-state index is 11.7. The molecule has 1 aliphatic heterocycles. The minimum absolute atomic E-state index is 0.0865. The predicted octanol–water partition coefficient (Wildman–Crippen LogP) is -0.667.